The third-order valence-electron chi connectivity index (χ3n) is 5.49. The molecule has 0 saturated heterocycles. The van der Waals surface area contributed by atoms with Crippen LogP contribution in [-0.2, 0) is 19.7 Å². The fourth-order valence-electron chi connectivity index (χ4n) is 3.93. The number of nitrogens with one attached hydrogen (secondary N) is 2. The van der Waals surface area contributed by atoms with E-state index in [0.29, 0.717) is 11.4 Å². The molecule has 0 aromatic heterocycles. The van der Waals surface area contributed by atoms with Gasteiger partial charge in [0.15, 0.2) is 0 Å². The Hall–Kier alpha value is -2.86. The van der Waals surface area contributed by atoms with Gasteiger partial charge in [-0.15, -0.1) is 0 Å². The maximum atomic E-state index is 13.4. The van der Waals surface area contributed by atoms with E-state index in [2.05, 4.69) is 10.6 Å². The highest BCUT2D eigenvalue weighted by atomic mass is 16.5. The van der Waals surface area contributed by atoms with Crippen LogP contribution in [0.4, 0.5) is 11.4 Å². The number of ether oxygens (including phenoxy) is 2. The second-order valence-corrected chi connectivity index (χ2v) is 7.38. The van der Waals surface area contributed by atoms with Crippen molar-refractivity contribution in [2.75, 3.05) is 31.5 Å². The SMILES string of the molecule is COCC(=O)Nc1ccc(NC(=O)C2(c3ccc(OC)cc3)CCCCC2)cc1. The Kier molecular flexibility index (Phi) is 6.88. The molecule has 0 heterocycles. The lowest BCUT2D eigenvalue weighted by Crippen LogP contribution is -2.42. The largest absolute Gasteiger partial charge is 0.497 e. The molecule has 6 heteroatoms. The smallest absolute Gasteiger partial charge is 0.250 e. The second-order valence-electron chi connectivity index (χ2n) is 7.38. The number of carbonyl (C=O) groups excluding carboxylic acids is 2. The summed E-state index contributed by atoms with van der Waals surface area (Å²) in [5, 5.41) is 5.82. The first-order chi connectivity index (χ1) is 14.1. The normalized spacial score (nSPS) is 15.4. The van der Waals surface area contributed by atoms with E-state index >= 15 is 0 Å². The van der Waals surface area contributed by atoms with Crippen LogP contribution in [0.2, 0.25) is 0 Å². The van der Waals surface area contributed by atoms with Crippen molar-refractivity contribution in [2.45, 2.75) is 37.5 Å². The molecule has 1 aliphatic carbocycles. The first-order valence-electron chi connectivity index (χ1n) is 9.92. The van der Waals surface area contributed by atoms with Crippen molar-refractivity contribution >= 4 is 23.2 Å². The summed E-state index contributed by atoms with van der Waals surface area (Å²) in [4.78, 5) is 25.0. The van der Waals surface area contributed by atoms with Crippen LogP contribution in [0, 0.1) is 0 Å². The molecule has 0 unspecified atom stereocenters. The molecule has 2 amide bonds. The molecule has 6 nitrogen and oxygen atoms in total. The molecule has 3 rings (SSSR count). The zero-order valence-electron chi connectivity index (χ0n) is 17.0. The summed E-state index contributed by atoms with van der Waals surface area (Å²) in [7, 11) is 3.11. The van der Waals surface area contributed by atoms with Crippen LogP contribution in [0.15, 0.2) is 48.5 Å². The third kappa shape index (κ3) is 4.95. The molecule has 0 radical (unpaired) electrons. The van der Waals surface area contributed by atoms with Crippen molar-refractivity contribution in [2.24, 2.45) is 0 Å². The standard InChI is InChI=1S/C23H28N2O4/c1-28-16-21(26)24-18-8-10-19(11-9-18)25-22(27)23(14-4-3-5-15-23)17-6-12-20(29-2)13-7-17/h6-13H,3-5,14-16H2,1-2H3,(H,24,26)(H,25,27). The van der Waals surface area contributed by atoms with E-state index in [-0.39, 0.29) is 18.4 Å². The first-order valence-corrected chi connectivity index (χ1v) is 9.92. The number of hydrogen-bond acceptors (Lipinski definition) is 4. The van der Waals surface area contributed by atoms with Crippen LogP contribution >= 0.6 is 0 Å². The fourth-order valence-corrected chi connectivity index (χ4v) is 3.93. The van der Waals surface area contributed by atoms with Gasteiger partial charge in [0.2, 0.25) is 11.8 Å². The number of anilines is 2. The Morgan fingerprint density at radius 3 is 2.00 bits per heavy atom. The molecule has 2 aromatic carbocycles. The van der Waals surface area contributed by atoms with Gasteiger partial charge in [0, 0.05) is 18.5 Å². The maximum Gasteiger partial charge on any atom is 0.250 e. The predicted molar refractivity (Wildman–Crippen MR) is 113 cm³/mol. The Balaban J connectivity index is 1.75. The zero-order chi connectivity index (χ0) is 20.7. The number of rotatable bonds is 7. The fraction of sp³-hybridized carbons (Fsp3) is 0.391. The van der Waals surface area contributed by atoms with Gasteiger partial charge >= 0.3 is 0 Å². The van der Waals surface area contributed by atoms with E-state index in [1.807, 2.05) is 24.3 Å². The summed E-state index contributed by atoms with van der Waals surface area (Å²) in [5.74, 6) is 0.578. The van der Waals surface area contributed by atoms with Crippen LogP contribution in [0.3, 0.4) is 0 Å². The average Bonchev–Trinajstić information content (AvgIpc) is 2.76. The zero-order valence-corrected chi connectivity index (χ0v) is 17.0. The number of benzene rings is 2. The van der Waals surface area contributed by atoms with Gasteiger partial charge < -0.3 is 20.1 Å². The number of carbonyl (C=O) groups is 2. The van der Waals surface area contributed by atoms with Gasteiger partial charge in [0.05, 0.1) is 12.5 Å². The maximum absolute atomic E-state index is 13.4. The molecule has 0 aliphatic heterocycles. The van der Waals surface area contributed by atoms with Crippen LogP contribution in [-0.4, -0.2) is 32.6 Å². The van der Waals surface area contributed by atoms with Gasteiger partial charge in [0.25, 0.3) is 0 Å². The monoisotopic (exact) mass is 396 g/mol. The molecule has 2 aromatic rings. The minimum Gasteiger partial charge on any atom is -0.497 e. The lowest BCUT2D eigenvalue weighted by atomic mass is 9.68. The highest BCUT2D eigenvalue weighted by Crippen LogP contribution is 2.41. The van der Waals surface area contributed by atoms with Gasteiger partial charge in [-0.1, -0.05) is 31.4 Å². The molecular formula is C23H28N2O4. The average molecular weight is 396 g/mol. The molecule has 0 spiro atoms. The summed E-state index contributed by atoms with van der Waals surface area (Å²) >= 11 is 0. The van der Waals surface area contributed by atoms with Crippen molar-refractivity contribution in [1.29, 1.82) is 0 Å². The van der Waals surface area contributed by atoms with Gasteiger partial charge in [-0.25, -0.2) is 0 Å². The van der Waals surface area contributed by atoms with Crippen LogP contribution in [0.1, 0.15) is 37.7 Å². The second kappa shape index (κ2) is 9.56. The van der Waals surface area contributed by atoms with Crippen LogP contribution in [0.25, 0.3) is 0 Å². The van der Waals surface area contributed by atoms with Crippen molar-refractivity contribution in [3.8, 4) is 5.75 Å². The molecule has 0 atom stereocenters. The predicted octanol–water partition coefficient (Wildman–Crippen LogP) is 4.12. The molecule has 0 bridgehead atoms. The minimum absolute atomic E-state index is 0.00285. The summed E-state index contributed by atoms with van der Waals surface area (Å²) < 4.78 is 10.1. The van der Waals surface area contributed by atoms with Gasteiger partial charge in [0.1, 0.15) is 12.4 Å². The Morgan fingerprint density at radius 1 is 0.862 bits per heavy atom. The topological polar surface area (TPSA) is 76.7 Å². The van der Waals surface area contributed by atoms with E-state index in [4.69, 9.17) is 9.47 Å². The van der Waals surface area contributed by atoms with Gasteiger partial charge in [-0.3, -0.25) is 9.59 Å². The summed E-state index contributed by atoms with van der Waals surface area (Å²) in [5.41, 5.74) is 1.86. The Labute approximate surface area is 171 Å². The van der Waals surface area contributed by atoms with Crippen LogP contribution in [0.5, 0.6) is 5.75 Å². The number of methoxy groups -OCH3 is 2. The van der Waals surface area contributed by atoms with E-state index in [1.54, 1.807) is 31.4 Å². The van der Waals surface area contributed by atoms with Crippen molar-refractivity contribution in [1.82, 2.24) is 0 Å². The lowest BCUT2D eigenvalue weighted by molar-refractivity contribution is -0.123. The Morgan fingerprint density at radius 2 is 1.45 bits per heavy atom. The summed E-state index contributed by atoms with van der Waals surface area (Å²) in [6, 6.07) is 15.0. The number of amides is 2. The minimum atomic E-state index is -0.532. The first kappa shape index (κ1) is 20.9. The highest BCUT2D eigenvalue weighted by Gasteiger charge is 2.41. The Bertz CT molecular complexity index is 825. The highest BCUT2D eigenvalue weighted by molar-refractivity contribution is 5.99. The molecule has 1 fully saturated rings. The summed E-state index contributed by atoms with van der Waals surface area (Å²) in [6.07, 6.45) is 4.88. The van der Waals surface area contributed by atoms with E-state index in [1.165, 1.54) is 7.11 Å². The van der Waals surface area contributed by atoms with Crippen molar-refractivity contribution < 1.29 is 19.1 Å². The van der Waals surface area contributed by atoms with E-state index in [0.717, 1.165) is 43.4 Å². The number of hydrogen-bond donors (Lipinski definition) is 2. The molecule has 2 N–H and O–H groups in total. The lowest BCUT2D eigenvalue weighted by Gasteiger charge is -2.36. The van der Waals surface area contributed by atoms with Crippen LogP contribution < -0.4 is 15.4 Å². The van der Waals surface area contributed by atoms with Gasteiger partial charge in [-0.05, 0) is 54.8 Å². The molecule has 154 valence electrons. The third-order valence-corrected chi connectivity index (χ3v) is 5.49. The molecule has 1 saturated carbocycles. The van der Waals surface area contributed by atoms with Crippen molar-refractivity contribution in [3.05, 3.63) is 54.1 Å². The van der Waals surface area contributed by atoms with E-state index < -0.39 is 5.41 Å². The molecular weight excluding hydrogens is 368 g/mol. The van der Waals surface area contributed by atoms with Crippen molar-refractivity contribution in [3.63, 3.8) is 0 Å². The molecule has 29 heavy (non-hydrogen) atoms. The van der Waals surface area contributed by atoms with E-state index in [9.17, 15) is 9.59 Å². The van der Waals surface area contributed by atoms with Gasteiger partial charge in [-0.2, -0.15) is 0 Å². The summed E-state index contributed by atoms with van der Waals surface area (Å²) in [6.45, 7) is 0.00285. The molecule has 1 aliphatic rings. The quantitative estimate of drug-likeness (QED) is 0.738.